The van der Waals surface area contributed by atoms with Crippen molar-refractivity contribution in [1.29, 1.82) is 0 Å². The molecule has 1 unspecified atom stereocenters. The van der Waals surface area contributed by atoms with Crippen LogP contribution < -0.4 is 0 Å². The Kier molecular flexibility index (Phi) is 8.99. The summed E-state index contributed by atoms with van der Waals surface area (Å²) in [5.41, 5.74) is -2.39. The van der Waals surface area contributed by atoms with E-state index in [-0.39, 0.29) is 13.2 Å². The van der Waals surface area contributed by atoms with Gasteiger partial charge in [0.25, 0.3) is 0 Å². The maximum atomic E-state index is 13.7. The molecule has 7 nitrogen and oxygen atoms in total. The van der Waals surface area contributed by atoms with Crippen LogP contribution in [0.1, 0.15) is 69.2 Å². The van der Waals surface area contributed by atoms with Crippen LogP contribution in [-0.4, -0.2) is 48.3 Å². The van der Waals surface area contributed by atoms with Crippen molar-refractivity contribution in [2.45, 2.75) is 86.2 Å². The molecule has 0 rings (SSSR count). The molecule has 0 aliphatic heterocycles. The van der Waals surface area contributed by atoms with Gasteiger partial charge in [-0.1, -0.05) is 20.8 Å². The number of esters is 1. The van der Waals surface area contributed by atoms with Crippen LogP contribution in [0.2, 0.25) is 0 Å². The Morgan fingerprint density at radius 3 is 1.65 bits per heavy atom. The van der Waals surface area contributed by atoms with Crippen molar-refractivity contribution in [3.8, 4) is 0 Å². The first-order chi connectivity index (χ1) is 11.6. The number of methoxy groups -OCH3 is 1. The number of carbonyl (C=O) groups is 1. The van der Waals surface area contributed by atoms with Gasteiger partial charge < -0.3 is 13.8 Å². The van der Waals surface area contributed by atoms with Crippen molar-refractivity contribution in [2.75, 3.05) is 20.3 Å². The number of hydrogen-bond acceptors (Lipinski definition) is 7. The van der Waals surface area contributed by atoms with Gasteiger partial charge in [-0.3, -0.25) is 9.40 Å². The summed E-state index contributed by atoms with van der Waals surface area (Å²) in [6.45, 7) is 18.8. The Bertz CT molecular complexity index is 497. The molecule has 156 valence electrons. The summed E-state index contributed by atoms with van der Waals surface area (Å²) in [6, 6.07) is 0. The highest BCUT2D eigenvalue weighted by Gasteiger charge is 2.53. The minimum absolute atomic E-state index is 0.238. The molecule has 0 fully saturated rings. The summed E-state index contributed by atoms with van der Waals surface area (Å²) in [5, 5.41) is 1.58. The van der Waals surface area contributed by atoms with Crippen LogP contribution in [0.5, 0.6) is 0 Å². The van der Waals surface area contributed by atoms with Crippen molar-refractivity contribution in [3.05, 3.63) is 0 Å². The third-order valence-corrected chi connectivity index (χ3v) is 6.40. The highest BCUT2D eigenvalue weighted by molar-refractivity contribution is 7.54. The van der Waals surface area contributed by atoms with Crippen LogP contribution in [0, 0.1) is 5.41 Å². The van der Waals surface area contributed by atoms with E-state index in [1.165, 1.54) is 7.11 Å². The van der Waals surface area contributed by atoms with Gasteiger partial charge in [0.2, 0.25) is 0 Å². The molecule has 0 aliphatic carbocycles. The SMILES string of the molecule is CCOP(=O)(OCC)C(N(OC(C)(C)C(=O)OC)C(C)(C)C)C(C)(C)C. The van der Waals surface area contributed by atoms with Crippen LogP contribution in [0.15, 0.2) is 0 Å². The van der Waals surface area contributed by atoms with Gasteiger partial charge in [0, 0.05) is 5.54 Å². The van der Waals surface area contributed by atoms with Crippen molar-refractivity contribution in [1.82, 2.24) is 5.06 Å². The van der Waals surface area contributed by atoms with Crippen molar-refractivity contribution >= 4 is 13.6 Å². The first-order valence-electron chi connectivity index (χ1n) is 9.02. The Morgan fingerprint density at radius 2 is 1.38 bits per heavy atom. The van der Waals surface area contributed by atoms with Gasteiger partial charge in [0.1, 0.15) is 5.78 Å². The molecular formula is C18H38NO6P. The van der Waals surface area contributed by atoms with Gasteiger partial charge in [-0.05, 0) is 53.9 Å². The zero-order chi connectivity index (χ0) is 21.0. The topological polar surface area (TPSA) is 74.3 Å². The number of nitrogens with zero attached hydrogens (tertiary/aromatic N) is 1. The van der Waals surface area contributed by atoms with Crippen LogP contribution in [0.25, 0.3) is 0 Å². The molecule has 8 heteroatoms. The molecule has 0 aromatic rings. The standard InChI is InChI=1S/C18H38NO6P/c1-12-23-26(21,24-13-2)14(16(3,4)5)19(17(6,7)8)25-18(9,10)15(20)22-11/h14H,12-13H2,1-11H3. The van der Waals surface area contributed by atoms with Crippen molar-refractivity contribution in [3.63, 3.8) is 0 Å². The molecule has 0 saturated carbocycles. The third kappa shape index (κ3) is 6.61. The molecule has 26 heavy (non-hydrogen) atoms. The lowest BCUT2D eigenvalue weighted by atomic mass is 9.94. The molecule has 0 aliphatic rings. The Balaban J connectivity index is 6.34. The van der Waals surface area contributed by atoms with E-state index in [9.17, 15) is 9.36 Å². The van der Waals surface area contributed by atoms with E-state index in [2.05, 4.69) is 0 Å². The second-order valence-corrected chi connectivity index (χ2v) is 10.8. The number of carbonyl (C=O) groups excluding carboxylic acids is 1. The summed E-state index contributed by atoms with van der Waals surface area (Å²) in [7, 11) is -2.27. The summed E-state index contributed by atoms with van der Waals surface area (Å²) in [4.78, 5) is 18.3. The monoisotopic (exact) mass is 395 g/mol. The molecule has 0 amide bonds. The lowest BCUT2D eigenvalue weighted by molar-refractivity contribution is -0.291. The maximum absolute atomic E-state index is 13.7. The van der Waals surface area contributed by atoms with E-state index in [4.69, 9.17) is 18.6 Å². The van der Waals surface area contributed by atoms with Crippen LogP contribution in [0.4, 0.5) is 0 Å². The van der Waals surface area contributed by atoms with Crippen molar-refractivity contribution < 1.29 is 28.0 Å². The molecule has 0 radical (unpaired) electrons. The predicted octanol–water partition coefficient (Wildman–Crippen LogP) is 4.61. The normalized spacial score (nSPS) is 15.2. The number of hydrogen-bond donors (Lipinski definition) is 0. The fourth-order valence-corrected chi connectivity index (χ4v) is 5.25. The molecule has 0 N–H and O–H groups in total. The Morgan fingerprint density at radius 1 is 0.962 bits per heavy atom. The van der Waals surface area contributed by atoms with E-state index < -0.39 is 35.9 Å². The first kappa shape index (κ1) is 25.5. The van der Waals surface area contributed by atoms with Gasteiger partial charge in [-0.25, -0.2) is 4.79 Å². The third-order valence-electron chi connectivity index (χ3n) is 3.58. The van der Waals surface area contributed by atoms with E-state index in [0.717, 1.165) is 0 Å². The lowest BCUT2D eigenvalue weighted by Crippen LogP contribution is -2.57. The first-order valence-corrected chi connectivity index (χ1v) is 10.6. The molecule has 0 bridgehead atoms. The molecule has 0 spiro atoms. The number of hydroxylamine groups is 2. The zero-order valence-electron chi connectivity index (χ0n) is 18.3. The average molecular weight is 395 g/mol. The number of rotatable bonds is 9. The van der Waals surface area contributed by atoms with Crippen LogP contribution in [-0.2, 0) is 28.0 Å². The fraction of sp³-hybridized carbons (Fsp3) is 0.944. The minimum Gasteiger partial charge on any atom is -0.467 e. The van der Waals surface area contributed by atoms with E-state index >= 15 is 0 Å². The Hall–Kier alpha value is -0.460. The molecule has 0 aromatic heterocycles. The fourth-order valence-electron chi connectivity index (χ4n) is 2.58. The zero-order valence-corrected chi connectivity index (χ0v) is 19.2. The quantitative estimate of drug-likeness (QED) is 0.321. The summed E-state index contributed by atoms with van der Waals surface area (Å²) in [6.07, 6.45) is 0. The average Bonchev–Trinajstić information content (AvgIpc) is 2.43. The van der Waals surface area contributed by atoms with E-state index in [1.807, 2.05) is 41.5 Å². The predicted molar refractivity (Wildman–Crippen MR) is 103 cm³/mol. The van der Waals surface area contributed by atoms with E-state index in [0.29, 0.717) is 0 Å². The van der Waals surface area contributed by atoms with Gasteiger partial charge >= 0.3 is 13.6 Å². The summed E-state index contributed by atoms with van der Waals surface area (Å²) in [5.74, 6) is -1.26. The van der Waals surface area contributed by atoms with Gasteiger partial charge in [-0.15, -0.1) is 0 Å². The van der Waals surface area contributed by atoms with Crippen LogP contribution >= 0.6 is 7.60 Å². The molecular weight excluding hydrogens is 357 g/mol. The minimum atomic E-state index is -3.58. The van der Waals surface area contributed by atoms with Gasteiger partial charge in [-0.2, -0.15) is 5.06 Å². The van der Waals surface area contributed by atoms with Crippen LogP contribution in [0.3, 0.4) is 0 Å². The highest BCUT2D eigenvalue weighted by Crippen LogP contribution is 2.61. The molecule has 0 heterocycles. The maximum Gasteiger partial charge on any atom is 0.350 e. The van der Waals surface area contributed by atoms with Gasteiger partial charge in [0.05, 0.1) is 20.3 Å². The largest absolute Gasteiger partial charge is 0.467 e. The smallest absolute Gasteiger partial charge is 0.350 e. The summed E-state index contributed by atoms with van der Waals surface area (Å²) >= 11 is 0. The Labute approximate surface area is 159 Å². The molecule has 1 atom stereocenters. The second-order valence-electron chi connectivity index (χ2n) is 8.70. The molecule has 0 aromatic carbocycles. The van der Waals surface area contributed by atoms with Crippen molar-refractivity contribution in [2.24, 2.45) is 5.41 Å². The molecule has 0 saturated heterocycles. The summed E-state index contributed by atoms with van der Waals surface area (Å²) < 4.78 is 29.8. The second kappa shape index (κ2) is 9.16. The number of ether oxygens (including phenoxy) is 1. The highest BCUT2D eigenvalue weighted by atomic mass is 31.2. The lowest BCUT2D eigenvalue weighted by Gasteiger charge is -2.49. The van der Waals surface area contributed by atoms with Gasteiger partial charge in [0.15, 0.2) is 5.60 Å². The van der Waals surface area contributed by atoms with E-state index in [1.54, 1.807) is 32.8 Å².